The lowest BCUT2D eigenvalue weighted by Crippen LogP contribution is -2.27. The summed E-state index contributed by atoms with van der Waals surface area (Å²) in [6, 6.07) is 21.1. The summed E-state index contributed by atoms with van der Waals surface area (Å²) < 4.78 is 26.7. The largest absolute Gasteiger partial charge is 0.355 e. The first-order valence-corrected chi connectivity index (χ1v) is 10.7. The molecular weight excluding hydrogens is 372 g/mol. The summed E-state index contributed by atoms with van der Waals surface area (Å²) >= 11 is 0. The number of aromatic nitrogens is 1. The van der Waals surface area contributed by atoms with Crippen molar-refractivity contribution in [3.63, 3.8) is 0 Å². The van der Waals surface area contributed by atoms with Gasteiger partial charge in [0.2, 0.25) is 10.0 Å². The third-order valence-corrected chi connectivity index (χ3v) is 6.52. The Morgan fingerprint density at radius 1 is 0.786 bits per heavy atom. The topological polar surface area (TPSA) is 74.3 Å². The first-order valence-electron chi connectivity index (χ1n) is 9.27. The number of pyridine rings is 1. The minimum atomic E-state index is -3.44. The van der Waals surface area contributed by atoms with Crippen molar-refractivity contribution in [3.8, 4) is 0 Å². The minimum absolute atomic E-state index is 0.236. The molecule has 2 heterocycles. The fraction of sp³-hybridized carbons (Fsp3) is 0.190. The predicted octanol–water partition coefficient (Wildman–Crippen LogP) is 4.35. The number of rotatable bonds is 6. The zero-order valence-corrected chi connectivity index (χ0v) is 16.2. The molecule has 3 aromatic rings. The molecule has 2 aromatic carbocycles. The number of hydrogen-bond donors (Lipinski definition) is 2. The molecule has 0 spiro atoms. The number of nitrogens with zero attached hydrogens (tertiary/aromatic N) is 2. The van der Waals surface area contributed by atoms with E-state index in [1.807, 2.05) is 54.6 Å². The van der Waals surface area contributed by atoms with Gasteiger partial charge in [0.1, 0.15) is 10.7 Å². The lowest BCUT2D eigenvalue weighted by Gasteiger charge is -2.15. The molecule has 0 amide bonds. The van der Waals surface area contributed by atoms with Crippen LogP contribution in [-0.2, 0) is 10.0 Å². The molecule has 1 saturated heterocycles. The second-order valence-corrected chi connectivity index (χ2v) is 8.63. The number of sulfonamides is 1. The van der Waals surface area contributed by atoms with Gasteiger partial charge in [-0.15, -0.1) is 0 Å². The Bertz CT molecular complexity index is 1030. The fourth-order valence-corrected chi connectivity index (χ4v) is 4.66. The maximum absolute atomic E-state index is 12.6. The first-order chi connectivity index (χ1) is 13.6. The number of anilines is 4. The van der Waals surface area contributed by atoms with Crippen LogP contribution in [0.15, 0.2) is 77.8 Å². The van der Waals surface area contributed by atoms with Crippen molar-refractivity contribution in [1.29, 1.82) is 0 Å². The Kier molecular flexibility index (Phi) is 5.27. The zero-order valence-electron chi connectivity index (χ0n) is 15.4. The Labute approximate surface area is 165 Å². The van der Waals surface area contributed by atoms with E-state index in [-0.39, 0.29) is 4.90 Å². The highest BCUT2D eigenvalue weighted by atomic mass is 32.2. The molecule has 0 radical (unpaired) electrons. The fourth-order valence-electron chi connectivity index (χ4n) is 3.20. The molecule has 4 rings (SSSR count). The molecule has 0 unspecified atom stereocenters. The zero-order chi connectivity index (χ0) is 19.4. The molecule has 1 fully saturated rings. The molecular formula is C21H22N4O2S. The molecule has 144 valence electrons. The van der Waals surface area contributed by atoms with Crippen LogP contribution < -0.4 is 10.6 Å². The average Bonchev–Trinajstić information content (AvgIpc) is 3.25. The predicted molar refractivity (Wildman–Crippen MR) is 112 cm³/mol. The van der Waals surface area contributed by atoms with Crippen LogP contribution in [0.5, 0.6) is 0 Å². The van der Waals surface area contributed by atoms with Gasteiger partial charge in [0.15, 0.2) is 0 Å². The average molecular weight is 395 g/mol. The van der Waals surface area contributed by atoms with Crippen LogP contribution in [0.2, 0.25) is 0 Å². The van der Waals surface area contributed by atoms with Gasteiger partial charge in [-0.05, 0) is 55.3 Å². The normalized spacial score (nSPS) is 14.7. The van der Waals surface area contributed by atoms with Gasteiger partial charge in [0.05, 0.1) is 0 Å². The van der Waals surface area contributed by atoms with Crippen molar-refractivity contribution >= 4 is 32.9 Å². The van der Waals surface area contributed by atoms with Crippen LogP contribution in [0.25, 0.3) is 0 Å². The molecule has 28 heavy (non-hydrogen) atoms. The molecule has 0 aliphatic carbocycles. The van der Waals surface area contributed by atoms with Crippen molar-refractivity contribution in [2.45, 2.75) is 17.7 Å². The van der Waals surface area contributed by atoms with E-state index in [2.05, 4.69) is 15.6 Å². The highest BCUT2D eigenvalue weighted by molar-refractivity contribution is 7.89. The van der Waals surface area contributed by atoms with Crippen molar-refractivity contribution in [2.75, 3.05) is 23.7 Å². The highest BCUT2D eigenvalue weighted by Gasteiger charge is 2.27. The maximum Gasteiger partial charge on any atom is 0.244 e. The first kappa shape index (κ1) is 18.5. The summed E-state index contributed by atoms with van der Waals surface area (Å²) in [5, 5.41) is 6.56. The second kappa shape index (κ2) is 8.00. The van der Waals surface area contributed by atoms with E-state index in [0.717, 1.165) is 29.9 Å². The molecule has 1 aliphatic rings. The molecule has 1 aliphatic heterocycles. The number of nitrogens with one attached hydrogen (secondary N) is 2. The van der Waals surface area contributed by atoms with Crippen molar-refractivity contribution in [3.05, 3.63) is 72.9 Å². The quantitative estimate of drug-likeness (QED) is 0.650. The molecule has 0 bridgehead atoms. The third kappa shape index (κ3) is 4.16. The molecule has 1 aromatic heterocycles. The summed E-state index contributed by atoms with van der Waals surface area (Å²) in [7, 11) is -3.44. The standard InChI is InChI=1S/C21H22N4O2S/c26-28(27,25-13-4-5-14-25)20-11-12-21(22-16-20)24-19-10-6-9-18(15-19)23-17-7-2-1-3-8-17/h1-3,6-12,15-16,23H,4-5,13-14H2,(H,22,24). The van der Waals surface area contributed by atoms with Crippen LogP contribution >= 0.6 is 0 Å². The maximum atomic E-state index is 12.6. The van der Waals surface area contributed by atoms with E-state index >= 15 is 0 Å². The summed E-state index contributed by atoms with van der Waals surface area (Å²) in [6.45, 7) is 1.17. The molecule has 0 atom stereocenters. The van der Waals surface area contributed by atoms with Gasteiger partial charge in [0, 0.05) is 36.3 Å². The smallest absolute Gasteiger partial charge is 0.244 e. The summed E-state index contributed by atoms with van der Waals surface area (Å²) in [5.41, 5.74) is 2.82. The summed E-state index contributed by atoms with van der Waals surface area (Å²) in [4.78, 5) is 4.52. The summed E-state index contributed by atoms with van der Waals surface area (Å²) in [5.74, 6) is 0.595. The van der Waals surface area contributed by atoms with E-state index < -0.39 is 10.0 Å². The van der Waals surface area contributed by atoms with Gasteiger partial charge in [-0.3, -0.25) is 0 Å². The van der Waals surface area contributed by atoms with Crippen LogP contribution in [0.4, 0.5) is 22.9 Å². The Balaban J connectivity index is 1.47. The van der Waals surface area contributed by atoms with Crippen molar-refractivity contribution in [2.24, 2.45) is 0 Å². The van der Waals surface area contributed by atoms with Crippen LogP contribution in [0, 0.1) is 0 Å². The minimum Gasteiger partial charge on any atom is -0.355 e. The van der Waals surface area contributed by atoms with Gasteiger partial charge < -0.3 is 10.6 Å². The van der Waals surface area contributed by atoms with Crippen LogP contribution in [0.3, 0.4) is 0 Å². The number of benzene rings is 2. The molecule has 6 nitrogen and oxygen atoms in total. The van der Waals surface area contributed by atoms with E-state index in [4.69, 9.17) is 0 Å². The second-order valence-electron chi connectivity index (χ2n) is 6.69. The lowest BCUT2D eigenvalue weighted by atomic mass is 10.2. The SMILES string of the molecule is O=S(=O)(c1ccc(Nc2cccc(Nc3ccccc3)c2)nc1)N1CCCC1. The summed E-state index contributed by atoms with van der Waals surface area (Å²) in [6.07, 6.45) is 3.25. The van der Waals surface area contributed by atoms with E-state index in [0.29, 0.717) is 18.9 Å². The lowest BCUT2D eigenvalue weighted by molar-refractivity contribution is 0.477. The van der Waals surface area contributed by atoms with Crippen molar-refractivity contribution in [1.82, 2.24) is 9.29 Å². The molecule has 0 saturated carbocycles. The number of para-hydroxylation sites is 1. The number of hydrogen-bond acceptors (Lipinski definition) is 5. The Morgan fingerprint density at radius 3 is 2.14 bits per heavy atom. The van der Waals surface area contributed by atoms with Crippen LogP contribution in [0.1, 0.15) is 12.8 Å². The van der Waals surface area contributed by atoms with Gasteiger partial charge in [-0.25, -0.2) is 13.4 Å². The van der Waals surface area contributed by atoms with E-state index in [1.54, 1.807) is 12.1 Å². The van der Waals surface area contributed by atoms with Gasteiger partial charge >= 0.3 is 0 Å². The van der Waals surface area contributed by atoms with Gasteiger partial charge in [-0.2, -0.15) is 4.31 Å². The monoisotopic (exact) mass is 394 g/mol. The Hall–Kier alpha value is -2.90. The third-order valence-electron chi connectivity index (χ3n) is 4.64. The molecule has 2 N–H and O–H groups in total. The Morgan fingerprint density at radius 2 is 1.46 bits per heavy atom. The van der Waals surface area contributed by atoms with Crippen LogP contribution in [-0.4, -0.2) is 30.8 Å². The molecule has 7 heteroatoms. The van der Waals surface area contributed by atoms with Gasteiger partial charge in [0.25, 0.3) is 0 Å². The van der Waals surface area contributed by atoms with Crippen molar-refractivity contribution < 1.29 is 8.42 Å². The van der Waals surface area contributed by atoms with E-state index in [1.165, 1.54) is 10.5 Å². The van der Waals surface area contributed by atoms with E-state index in [9.17, 15) is 8.42 Å². The van der Waals surface area contributed by atoms with Gasteiger partial charge in [-0.1, -0.05) is 24.3 Å². The highest BCUT2D eigenvalue weighted by Crippen LogP contribution is 2.24.